The van der Waals surface area contributed by atoms with Crippen LogP contribution in [0.3, 0.4) is 0 Å². The van der Waals surface area contributed by atoms with E-state index in [9.17, 15) is 0 Å². The average molecular weight is 760 g/mol. The summed E-state index contributed by atoms with van der Waals surface area (Å²) >= 11 is 0. The molecule has 1 aliphatic rings. The van der Waals surface area contributed by atoms with E-state index in [1.807, 2.05) is 42.6 Å². The van der Waals surface area contributed by atoms with Gasteiger partial charge in [0.2, 0.25) is 0 Å². The van der Waals surface area contributed by atoms with E-state index in [1.165, 1.54) is 55.2 Å². The Morgan fingerprint density at radius 1 is 0.791 bits per heavy atom. The first-order valence-corrected chi connectivity index (χ1v) is 18.7. The molecule has 1 saturated carbocycles. The first kappa shape index (κ1) is 32.7. The predicted octanol–water partition coefficient (Wildman–Crippen LogP) is 9.13. The van der Waals surface area contributed by atoms with Crippen LogP contribution in [0, 0.1) is 25.0 Å². The second-order valence-electron chi connectivity index (χ2n) is 12.4. The standard InChI is InChI=1S/C21H28NSi.C17H13N2.Ir/c1-23(2,3)21-16-22-20(18-12-8-5-9-13-18)15-19(21)14-17-10-6-4-7-11-17;1-13-11-17(15-7-9-18-10-8-15)19-12-16(13)14-5-3-2-4-6-14;/h5,8-9,12,15-17H,4,6-7,10-11,14H2,1-3H3;2-7,9-12H,1H3;/q2*-1;. The van der Waals surface area contributed by atoms with Gasteiger partial charge < -0.3 is 9.97 Å². The zero-order valence-corrected chi connectivity index (χ0v) is 29.1. The van der Waals surface area contributed by atoms with Gasteiger partial charge in [-0.15, -0.1) is 42.0 Å². The largest absolute Gasteiger partial charge is 0.320 e. The smallest absolute Gasteiger partial charge is 0.0798 e. The van der Waals surface area contributed by atoms with E-state index in [1.54, 1.807) is 23.1 Å². The minimum atomic E-state index is -1.36. The molecule has 0 N–H and O–H groups in total. The number of aromatic nitrogens is 3. The van der Waals surface area contributed by atoms with E-state index < -0.39 is 8.07 Å². The number of hydrogen-bond acceptors (Lipinski definition) is 3. The molecule has 3 nitrogen and oxygen atoms in total. The van der Waals surface area contributed by atoms with Crippen LogP contribution in [0.2, 0.25) is 19.6 Å². The van der Waals surface area contributed by atoms with Gasteiger partial charge in [0.05, 0.1) is 8.07 Å². The van der Waals surface area contributed by atoms with Crippen molar-refractivity contribution in [3.63, 3.8) is 0 Å². The van der Waals surface area contributed by atoms with Gasteiger partial charge in [-0.05, 0) is 53.8 Å². The molecule has 6 rings (SSSR count). The SMILES string of the molecule is C[Si](C)(C)c1cnc(-c2[c-]cccc2)cc1CC1CCCCC1.Cc1cc(-c2[c-]cncc2)ncc1-c1ccccc1.[Ir]. The summed E-state index contributed by atoms with van der Waals surface area (Å²) in [5, 5.41) is 1.54. The van der Waals surface area contributed by atoms with E-state index in [-0.39, 0.29) is 20.1 Å². The van der Waals surface area contributed by atoms with E-state index in [4.69, 9.17) is 4.98 Å². The Morgan fingerprint density at radius 3 is 2.14 bits per heavy atom. The third-order valence-electron chi connectivity index (χ3n) is 8.11. The number of nitrogens with zero attached hydrogens (tertiary/aromatic N) is 3. The molecule has 0 aliphatic heterocycles. The molecule has 1 radical (unpaired) electrons. The van der Waals surface area contributed by atoms with Crippen molar-refractivity contribution in [2.45, 2.75) is 65.1 Å². The summed E-state index contributed by atoms with van der Waals surface area (Å²) < 4.78 is 0. The Hall–Kier alpha value is -3.24. The number of aryl methyl sites for hydroxylation is 1. The van der Waals surface area contributed by atoms with Crippen molar-refractivity contribution in [1.29, 1.82) is 0 Å². The third kappa shape index (κ3) is 8.89. The van der Waals surface area contributed by atoms with Crippen molar-refractivity contribution < 1.29 is 20.1 Å². The molecule has 0 bridgehead atoms. The van der Waals surface area contributed by atoms with Crippen molar-refractivity contribution in [2.75, 3.05) is 0 Å². The summed E-state index contributed by atoms with van der Waals surface area (Å²) in [5.74, 6) is 0.869. The number of hydrogen-bond donors (Lipinski definition) is 0. The molecule has 0 amide bonds. The topological polar surface area (TPSA) is 38.7 Å². The molecule has 5 aromatic rings. The molecule has 43 heavy (non-hydrogen) atoms. The first-order chi connectivity index (χ1) is 20.4. The minimum absolute atomic E-state index is 0. The number of benzene rings is 2. The Bertz CT molecular complexity index is 1560. The molecule has 0 spiro atoms. The number of rotatable bonds is 6. The van der Waals surface area contributed by atoms with Gasteiger partial charge in [0.15, 0.2) is 0 Å². The van der Waals surface area contributed by atoms with Crippen molar-refractivity contribution >= 4 is 13.3 Å². The van der Waals surface area contributed by atoms with Gasteiger partial charge in [-0.25, -0.2) is 0 Å². The predicted molar refractivity (Wildman–Crippen MR) is 178 cm³/mol. The molecule has 0 saturated heterocycles. The molecule has 1 aliphatic carbocycles. The Kier molecular flexibility index (Phi) is 11.8. The molecule has 3 heterocycles. The van der Waals surface area contributed by atoms with E-state index in [0.717, 1.165) is 28.4 Å². The van der Waals surface area contributed by atoms with Crippen LogP contribution in [0.15, 0.2) is 97.6 Å². The fourth-order valence-corrected chi connectivity index (χ4v) is 7.43. The monoisotopic (exact) mass is 760 g/mol. The summed E-state index contributed by atoms with van der Waals surface area (Å²) in [6, 6.07) is 31.3. The maximum atomic E-state index is 4.77. The molecule has 0 unspecified atom stereocenters. The third-order valence-corrected chi connectivity index (χ3v) is 10.2. The van der Waals surface area contributed by atoms with Crippen molar-refractivity contribution in [3.8, 4) is 33.6 Å². The van der Waals surface area contributed by atoms with Crippen LogP contribution in [0.1, 0.15) is 43.2 Å². The molecule has 223 valence electrons. The van der Waals surface area contributed by atoms with Gasteiger partial charge in [0, 0.05) is 38.1 Å². The van der Waals surface area contributed by atoms with Crippen LogP contribution in [0.4, 0.5) is 0 Å². The maximum absolute atomic E-state index is 4.77. The quantitative estimate of drug-likeness (QED) is 0.128. The maximum Gasteiger partial charge on any atom is 0.0798 e. The Labute approximate surface area is 272 Å². The molecule has 5 heteroatoms. The molecule has 0 atom stereocenters. The first-order valence-electron chi connectivity index (χ1n) is 15.2. The van der Waals surface area contributed by atoms with Gasteiger partial charge in [0.1, 0.15) is 0 Å². The normalized spacial score (nSPS) is 13.4. The van der Waals surface area contributed by atoms with Gasteiger partial charge >= 0.3 is 0 Å². The van der Waals surface area contributed by atoms with Crippen LogP contribution in [0.25, 0.3) is 33.6 Å². The molecular weight excluding hydrogens is 719 g/mol. The van der Waals surface area contributed by atoms with Crippen LogP contribution < -0.4 is 5.19 Å². The molecule has 1 fully saturated rings. The summed E-state index contributed by atoms with van der Waals surface area (Å²) in [5.41, 5.74) is 9.21. The second-order valence-corrected chi connectivity index (χ2v) is 17.4. The Morgan fingerprint density at radius 2 is 1.49 bits per heavy atom. The van der Waals surface area contributed by atoms with Crippen LogP contribution in [-0.4, -0.2) is 23.0 Å². The van der Waals surface area contributed by atoms with Gasteiger partial charge in [-0.1, -0.05) is 105 Å². The summed E-state index contributed by atoms with van der Waals surface area (Å²) in [7, 11) is -1.36. The fourth-order valence-electron chi connectivity index (χ4n) is 5.84. The number of pyridine rings is 3. The minimum Gasteiger partial charge on any atom is -0.320 e. The molecule has 2 aromatic carbocycles. The molecule has 3 aromatic heterocycles. The zero-order valence-electron chi connectivity index (χ0n) is 25.7. The van der Waals surface area contributed by atoms with Gasteiger partial charge in [-0.3, -0.25) is 4.98 Å². The van der Waals surface area contributed by atoms with Crippen LogP contribution in [0.5, 0.6) is 0 Å². The van der Waals surface area contributed by atoms with Crippen molar-refractivity contribution in [2.24, 2.45) is 5.92 Å². The van der Waals surface area contributed by atoms with Gasteiger partial charge in [-0.2, -0.15) is 11.6 Å². The Balaban J connectivity index is 0.000000195. The van der Waals surface area contributed by atoms with E-state index >= 15 is 0 Å². The van der Waals surface area contributed by atoms with Gasteiger partial charge in [0.25, 0.3) is 0 Å². The summed E-state index contributed by atoms with van der Waals surface area (Å²) in [4.78, 5) is 13.3. The van der Waals surface area contributed by atoms with Crippen molar-refractivity contribution in [3.05, 3.63) is 121 Å². The molecular formula is C38H41IrN3Si-2. The summed E-state index contributed by atoms with van der Waals surface area (Å²) in [6.07, 6.45) is 15.8. The van der Waals surface area contributed by atoms with E-state index in [0.29, 0.717) is 0 Å². The second kappa shape index (κ2) is 15.5. The zero-order chi connectivity index (χ0) is 29.4. The van der Waals surface area contributed by atoms with Crippen LogP contribution >= 0.6 is 0 Å². The fraction of sp³-hybridized carbons (Fsp3) is 0.289. The van der Waals surface area contributed by atoms with E-state index in [2.05, 4.69) is 91.3 Å². The summed E-state index contributed by atoms with van der Waals surface area (Å²) in [6.45, 7) is 9.41. The average Bonchev–Trinajstić information content (AvgIpc) is 3.02. The van der Waals surface area contributed by atoms with Crippen LogP contribution in [-0.2, 0) is 26.5 Å². The van der Waals surface area contributed by atoms with Crippen molar-refractivity contribution in [1.82, 2.24) is 15.0 Å².